The molecule has 0 spiro atoms. The van der Waals surface area contributed by atoms with Crippen LogP contribution in [0.5, 0.6) is 0 Å². The Morgan fingerprint density at radius 1 is 0.844 bits per heavy atom. The van der Waals surface area contributed by atoms with Crippen molar-refractivity contribution in [2.45, 2.75) is 26.3 Å². The normalized spacial score (nSPS) is 11.2. The largest absolute Gasteiger partial charge is 0.467 e. The number of esters is 2. The molecule has 2 rings (SSSR count). The Morgan fingerprint density at radius 3 is 1.88 bits per heavy atom. The Morgan fingerprint density at radius 2 is 1.41 bits per heavy atom. The Balaban J connectivity index is 0.000000320. The third-order valence-corrected chi connectivity index (χ3v) is 3.97. The molecule has 32 heavy (non-hydrogen) atoms. The molecule has 2 amide bonds. The maximum atomic E-state index is 11.4. The van der Waals surface area contributed by atoms with Crippen LogP contribution in [-0.2, 0) is 35.1 Å². The number of methoxy groups -OCH3 is 2. The van der Waals surface area contributed by atoms with Gasteiger partial charge in [-0.15, -0.1) is 0 Å². The van der Waals surface area contributed by atoms with Gasteiger partial charge in [-0.05, 0) is 17.2 Å². The van der Waals surface area contributed by atoms with E-state index in [1.807, 2.05) is 60.7 Å². The Labute approximate surface area is 187 Å². The molecule has 1 atom stereocenters. The van der Waals surface area contributed by atoms with E-state index in [1.165, 1.54) is 28.1 Å². The van der Waals surface area contributed by atoms with Crippen molar-refractivity contribution >= 4 is 29.8 Å². The summed E-state index contributed by atoms with van der Waals surface area (Å²) < 4.78 is 9.20. The summed E-state index contributed by atoms with van der Waals surface area (Å²) in [5.74, 6) is -1.56. The van der Waals surface area contributed by atoms with Gasteiger partial charge in [-0.25, -0.2) is 9.59 Å². The fourth-order valence-electron chi connectivity index (χ4n) is 2.59. The molecule has 170 valence electrons. The highest BCUT2D eigenvalue weighted by Gasteiger charge is 2.20. The highest BCUT2D eigenvalue weighted by Crippen LogP contribution is 2.06. The van der Waals surface area contributed by atoms with Crippen LogP contribution < -0.4 is 10.6 Å². The van der Waals surface area contributed by atoms with Crippen LogP contribution in [0.25, 0.3) is 6.08 Å². The average molecular weight is 440 g/mol. The van der Waals surface area contributed by atoms with Gasteiger partial charge in [0.05, 0.1) is 14.2 Å². The predicted molar refractivity (Wildman–Crippen MR) is 120 cm³/mol. The Hall–Kier alpha value is -3.94. The highest BCUT2D eigenvalue weighted by atomic mass is 16.5. The number of nitrogens with one attached hydrogen (secondary N) is 2. The number of amides is 2. The van der Waals surface area contributed by atoms with Crippen molar-refractivity contribution < 1.29 is 28.7 Å². The number of carbonyl (C=O) groups is 4. The summed E-state index contributed by atoms with van der Waals surface area (Å²) in [6, 6.07) is 18.1. The first-order valence-corrected chi connectivity index (χ1v) is 9.78. The molecule has 0 radical (unpaired) electrons. The molecule has 0 bridgehead atoms. The lowest BCUT2D eigenvalue weighted by Gasteiger charge is -2.15. The molecule has 0 saturated carbocycles. The monoisotopic (exact) mass is 440 g/mol. The second-order valence-corrected chi connectivity index (χ2v) is 6.61. The lowest BCUT2D eigenvalue weighted by molar-refractivity contribution is -0.144. The van der Waals surface area contributed by atoms with Gasteiger partial charge >= 0.3 is 11.9 Å². The van der Waals surface area contributed by atoms with E-state index < -0.39 is 18.0 Å². The summed E-state index contributed by atoms with van der Waals surface area (Å²) in [6.07, 6.45) is 2.00. The smallest absolute Gasteiger partial charge is 0.354 e. The van der Waals surface area contributed by atoms with Crippen LogP contribution >= 0.6 is 0 Å². The zero-order valence-electron chi connectivity index (χ0n) is 18.6. The molecule has 8 heteroatoms. The van der Waals surface area contributed by atoms with Gasteiger partial charge in [0.15, 0.2) is 0 Å². The lowest BCUT2D eigenvalue weighted by Crippen LogP contribution is -2.41. The third-order valence-electron chi connectivity index (χ3n) is 3.97. The quantitative estimate of drug-likeness (QED) is 0.505. The molecular weight excluding hydrogens is 412 g/mol. The molecule has 2 aromatic carbocycles. The molecule has 1 unspecified atom stereocenters. The van der Waals surface area contributed by atoms with Crippen LogP contribution in [0, 0.1) is 0 Å². The average Bonchev–Trinajstić information content (AvgIpc) is 2.78. The van der Waals surface area contributed by atoms with Crippen molar-refractivity contribution in [1.29, 1.82) is 0 Å². The number of hydrogen-bond donors (Lipinski definition) is 2. The Bertz CT molecular complexity index is 926. The van der Waals surface area contributed by atoms with Crippen molar-refractivity contribution in [3.63, 3.8) is 0 Å². The van der Waals surface area contributed by atoms with E-state index in [4.69, 9.17) is 0 Å². The van der Waals surface area contributed by atoms with Crippen LogP contribution in [0.15, 0.2) is 66.4 Å². The van der Waals surface area contributed by atoms with Crippen LogP contribution in [-0.4, -0.2) is 44.0 Å². The van der Waals surface area contributed by atoms with E-state index in [0.29, 0.717) is 6.42 Å². The van der Waals surface area contributed by atoms with Gasteiger partial charge in [-0.1, -0.05) is 60.7 Å². The predicted octanol–water partition coefficient (Wildman–Crippen LogP) is 2.24. The summed E-state index contributed by atoms with van der Waals surface area (Å²) in [5, 5.41) is 4.99. The molecule has 0 aromatic heterocycles. The minimum absolute atomic E-state index is 0.126. The molecule has 0 fully saturated rings. The summed E-state index contributed by atoms with van der Waals surface area (Å²) in [4.78, 5) is 44.6. The van der Waals surface area contributed by atoms with E-state index in [-0.39, 0.29) is 17.5 Å². The summed E-state index contributed by atoms with van der Waals surface area (Å²) >= 11 is 0. The topological polar surface area (TPSA) is 111 Å². The number of ether oxygens (including phenoxy) is 2. The molecule has 0 heterocycles. The first kappa shape index (κ1) is 26.1. The minimum Gasteiger partial charge on any atom is -0.467 e. The van der Waals surface area contributed by atoms with E-state index in [1.54, 1.807) is 6.08 Å². The molecule has 0 aliphatic rings. The van der Waals surface area contributed by atoms with Gasteiger partial charge in [0, 0.05) is 20.3 Å². The van der Waals surface area contributed by atoms with Gasteiger partial charge in [-0.3, -0.25) is 9.59 Å². The molecule has 0 saturated heterocycles. The van der Waals surface area contributed by atoms with Gasteiger partial charge in [-0.2, -0.15) is 0 Å². The van der Waals surface area contributed by atoms with Crippen molar-refractivity contribution in [2.75, 3.05) is 14.2 Å². The number of carbonyl (C=O) groups excluding carboxylic acids is 4. The molecule has 8 nitrogen and oxygen atoms in total. The Kier molecular flexibility index (Phi) is 11.5. The van der Waals surface area contributed by atoms with Crippen molar-refractivity contribution in [2.24, 2.45) is 0 Å². The molecule has 0 aliphatic heterocycles. The van der Waals surface area contributed by atoms with Crippen LogP contribution in [0.4, 0.5) is 0 Å². The molecule has 0 aliphatic carbocycles. The number of hydrogen-bond acceptors (Lipinski definition) is 6. The lowest BCUT2D eigenvalue weighted by atomic mass is 10.1. The molecule has 2 aromatic rings. The minimum atomic E-state index is -0.620. The zero-order chi connectivity index (χ0) is 23.9. The van der Waals surface area contributed by atoms with E-state index >= 15 is 0 Å². The SMILES string of the molecule is COC(=O)/C(=C/c1ccccc1)NC(C)=O.COC(=O)C(Cc1ccccc1)NC(C)=O. The van der Waals surface area contributed by atoms with Crippen LogP contribution in [0.2, 0.25) is 0 Å². The number of benzene rings is 2. The van der Waals surface area contributed by atoms with Gasteiger partial charge < -0.3 is 20.1 Å². The van der Waals surface area contributed by atoms with Gasteiger partial charge in [0.25, 0.3) is 0 Å². The highest BCUT2D eigenvalue weighted by molar-refractivity contribution is 5.97. The fourth-order valence-corrected chi connectivity index (χ4v) is 2.59. The first-order valence-electron chi connectivity index (χ1n) is 9.78. The van der Waals surface area contributed by atoms with Crippen molar-refractivity contribution in [1.82, 2.24) is 10.6 Å². The second kappa shape index (κ2) is 14.1. The number of rotatable bonds is 7. The van der Waals surface area contributed by atoms with Crippen molar-refractivity contribution in [3.8, 4) is 0 Å². The standard InChI is InChI=1S/C12H15NO3.C12H13NO3/c2*1-9(14)13-11(12(15)16-2)8-10-6-4-3-5-7-10/h3-7,11H,8H2,1-2H3,(H,13,14);3-8H,1-2H3,(H,13,14)/b;11-8-. The van der Waals surface area contributed by atoms with Gasteiger partial charge in [0.1, 0.15) is 11.7 Å². The third kappa shape index (κ3) is 10.2. The van der Waals surface area contributed by atoms with E-state index in [9.17, 15) is 19.2 Å². The fraction of sp³-hybridized carbons (Fsp3) is 0.250. The first-order chi connectivity index (χ1) is 15.3. The van der Waals surface area contributed by atoms with Crippen LogP contribution in [0.3, 0.4) is 0 Å². The molecule has 2 N–H and O–H groups in total. The maximum Gasteiger partial charge on any atom is 0.354 e. The van der Waals surface area contributed by atoms with E-state index in [0.717, 1.165) is 11.1 Å². The summed E-state index contributed by atoms with van der Waals surface area (Å²) in [6.45, 7) is 2.71. The summed E-state index contributed by atoms with van der Waals surface area (Å²) in [5.41, 5.74) is 1.92. The summed E-state index contributed by atoms with van der Waals surface area (Å²) in [7, 11) is 2.57. The zero-order valence-corrected chi connectivity index (χ0v) is 18.6. The second-order valence-electron chi connectivity index (χ2n) is 6.61. The molecular formula is C24H28N2O6. The van der Waals surface area contributed by atoms with Crippen molar-refractivity contribution in [3.05, 3.63) is 77.5 Å². The van der Waals surface area contributed by atoms with E-state index in [2.05, 4.69) is 20.1 Å². The van der Waals surface area contributed by atoms with Crippen LogP contribution in [0.1, 0.15) is 25.0 Å². The maximum absolute atomic E-state index is 11.4. The van der Waals surface area contributed by atoms with Gasteiger partial charge in [0.2, 0.25) is 11.8 Å².